The van der Waals surface area contributed by atoms with E-state index >= 15 is 0 Å². The molecule has 0 bridgehead atoms. The molecule has 1 aliphatic heterocycles. The lowest BCUT2D eigenvalue weighted by molar-refractivity contribution is -0.150. The van der Waals surface area contributed by atoms with Crippen molar-refractivity contribution in [3.63, 3.8) is 0 Å². The molecule has 6 heteroatoms. The topological polar surface area (TPSA) is 62.4 Å². The normalized spacial score (nSPS) is 20.8. The summed E-state index contributed by atoms with van der Waals surface area (Å²) in [4.78, 5) is 17.3. The zero-order chi connectivity index (χ0) is 18.8. The second kappa shape index (κ2) is 7.63. The van der Waals surface area contributed by atoms with Crippen LogP contribution in [0.3, 0.4) is 0 Å². The van der Waals surface area contributed by atoms with Gasteiger partial charge in [0.05, 0.1) is 16.7 Å². The van der Waals surface area contributed by atoms with Gasteiger partial charge in [0, 0.05) is 16.6 Å². The lowest BCUT2D eigenvalue weighted by Crippen LogP contribution is -2.32. The van der Waals surface area contributed by atoms with Crippen LogP contribution in [0.2, 0.25) is 5.02 Å². The van der Waals surface area contributed by atoms with E-state index in [9.17, 15) is 10.1 Å². The Morgan fingerprint density at radius 2 is 1.92 bits per heavy atom. The predicted molar refractivity (Wildman–Crippen MR) is 103 cm³/mol. The molecule has 0 aliphatic carbocycles. The number of hydrogen-bond donors (Lipinski definition) is 0. The van der Waals surface area contributed by atoms with E-state index in [0.29, 0.717) is 21.3 Å². The molecule has 0 saturated carbocycles. The third kappa shape index (κ3) is 4.45. The van der Waals surface area contributed by atoms with Crippen molar-refractivity contribution >= 4 is 34.4 Å². The minimum absolute atomic E-state index is 0.432. The Labute approximate surface area is 157 Å². The summed E-state index contributed by atoms with van der Waals surface area (Å²) in [5, 5.41) is 11.1. The molecule has 0 fully saturated rings. The molecular weight excluding hydrogens is 356 g/mol. The molecule has 0 aromatic heterocycles. The molecule has 0 amide bonds. The number of ether oxygens (including phenoxy) is 1. The standard InChI is InChI=1S/C19H21ClN2O2S/c1-11-15(18(23)24-19(2,3)4)16(12-6-8-13(20)9-7-12)14(10-21)17(22-11)25-5/h6-9,14,16H,1-5H3. The number of hydrogen-bond acceptors (Lipinski definition) is 5. The van der Waals surface area contributed by atoms with Crippen LogP contribution in [0.1, 0.15) is 39.2 Å². The van der Waals surface area contributed by atoms with Gasteiger partial charge in [-0.1, -0.05) is 23.7 Å². The lowest BCUT2D eigenvalue weighted by atomic mass is 9.79. The first-order chi connectivity index (χ1) is 11.7. The van der Waals surface area contributed by atoms with Gasteiger partial charge < -0.3 is 4.74 Å². The van der Waals surface area contributed by atoms with Crippen LogP contribution in [0.5, 0.6) is 0 Å². The van der Waals surface area contributed by atoms with Crippen LogP contribution in [-0.4, -0.2) is 22.9 Å². The summed E-state index contributed by atoms with van der Waals surface area (Å²) in [6, 6.07) is 9.52. The molecule has 1 aromatic rings. The molecule has 25 heavy (non-hydrogen) atoms. The number of rotatable bonds is 2. The van der Waals surface area contributed by atoms with Gasteiger partial charge in [-0.25, -0.2) is 9.79 Å². The van der Waals surface area contributed by atoms with E-state index in [-0.39, 0.29) is 0 Å². The summed E-state index contributed by atoms with van der Waals surface area (Å²) in [5.41, 5.74) is 1.24. The van der Waals surface area contributed by atoms with Gasteiger partial charge in [0.2, 0.25) is 0 Å². The Hall–Kier alpha value is -1.77. The molecular formula is C19H21ClN2O2S. The Balaban J connectivity index is 2.60. The van der Waals surface area contributed by atoms with Gasteiger partial charge in [-0.2, -0.15) is 5.26 Å². The fourth-order valence-corrected chi connectivity index (χ4v) is 3.57. The first-order valence-corrected chi connectivity index (χ1v) is 9.50. The van der Waals surface area contributed by atoms with Gasteiger partial charge in [-0.3, -0.25) is 0 Å². The largest absolute Gasteiger partial charge is 0.457 e. The molecule has 1 heterocycles. The van der Waals surface area contributed by atoms with Crippen LogP contribution < -0.4 is 0 Å². The number of carbonyl (C=O) groups excluding carboxylic acids is 1. The summed E-state index contributed by atoms with van der Waals surface area (Å²) in [5.74, 6) is -1.41. The van der Waals surface area contributed by atoms with Crippen molar-refractivity contribution in [3.8, 4) is 6.07 Å². The number of thioether (sulfide) groups is 1. The van der Waals surface area contributed by atoms with E-state index in [1.54, 1.807) is 19.1 Å². The summed E-state index contributed by atoms with van der Waals surface area (Å²) in [6.45, 7) is 7.24. The van der Waals surface area contributed by atoms with Crippen molar-refractivity contribution in [1.82, 2.24) is 0 Å². The van der Waals surface area contributed by atoms with E-state index in [0.717, 1.165) is 5.56 Å². The number of esters is 1. The van der Waals surface area contributed by atoms with Crippen LogP contribution in [0.4, 0.5) is 0 Å². The number of halogens is 1. The summed E-state index contributed by atoms with van der Waals surface area (Å²) in [6.07, 6.45) is 1.88. The third-order valence-corrected chi connectivity index (χ3v) is 4.79. The number of carbonyl (C=O) groups is 1. The Bertz CT molecular complexity index is 770. The number of aliphatic imine (C=N–C) groups is 1. The molecule has 0 radical (unpaired) electrons. The molecule has 0 saturated heterocycles. The molecule has 4 nitrogen and oxygen atoms in total. The quantitative estimate of drug-likeness (QED) is 0.685. The van der Waals surface area contributed by atoms with Crippen molar-refractivity contribution < 1.29 is 9.53 Å². The SMILES string of the molecule is CSC1=NC(C)=C(C(=O)OC(C)(C)C)C(c2ccc(Cl)cc2)C1C#N. The molecule has 0 spiro atoms. The molecule has 0 N–H and O–H groups in total. The highest BCUT2D eigenvalue weighted by Gasteiger charge is 2.40. The minimum atomic E-state index is -0.624. The average molecular weight is 377 g/mol. The van der Waals surface area contributed by atoms with Crippen molar-refractivity contribution in [2.75, 3.05) is 6.26 Å². The molecule has 1 aliphatic rings. The number of nitrogens with zero attached hydrogens (tertiary/aromatic N) is 2. The Morgan fingerprint density at radius 1 is 1.32 bits per heavy atom. The average Bonchev–Trinajstić information content (AvgIpc) is 2.52. The zero-order valence-electron chi connectivity index (χ0n) is 15.0. The zero-order valence-corrected chi connectivity index (χ0v) is 16.5. The first-order valence-electron chi connectivity index (χ1n) is 7.89. The van der Waals surface area contributed by atoms with Crippen LogP contribution in [0, 0.1) is 17.2 Å². The van der Waals surface area contributed by atoms with E-state index in [2.05, 4.69) is 11.1 Å². The second-order valence-corrected chi connectivity index (χ2v) is 8.05. The number of nitriles is 1. The summed E-state index contributed by atoms with van der Waals surface area (Å²) >= 11 is 7.42. The van der Waals surface area contributed by atoms with Crippen LogP contribution >= 0.6 is 23.4 Å². The Morgan fingerprint density at radius 3 is 2.40 bits per heavy atom. The molecule has 2 rings (SSSR count). The third-order valence-electron chi connectivity index (χ3n) is 3.77. The van der Waals surface area contributed by atoms with Gasteiger partial charge >= 0.3 is 5.97 Å². The predicted octanol–water partition coefficient (Wildman–Crippen LogP) is 4.95. The highest BCUT2D eigenvalue weighted by atomic mass is 35.5. The van der Waals surface area contributed by atoms with Gasteiger partial charge in [0.25, 0.3) is 0 Å². The maximum atomic E-state index is 12.8. The van der Waals surface area contributed by atoms with Gasteiger partial charge in [0.1, 0.15) is 11.5 Å². The van der Waals surface area contributed by atoms with E-state index < -0.39 is 23.4 Å². The lowest BCUT2D eigenvalue weighted by Gasteiger charge is -2.31. The minimum Gasteiger partial charge on any atom is -0.457 e. The maximum absolute atomic E-state index is 12.8. The second-order valence-electron chi connectivity index (χ2n) is 6.79. The monoisotopic (exact) mass is 376 g/mol. The van der Waals surface area contributed by atoms with Gasteiger partial charge in [-0.15, -0.1) is 11.8 Å². The molecule has 2 atom stereocenters. The molecule has 2 unspecified atom stereocenters. The highest BCUT2D eigenvalue weighted by Crippen LogP contribution is 2.41. The van der Waals surface area contributed by atoms with Crippen molar-refractivity contribution in [2.45, 2.75) is 39.2 Å². The molecule has 1 aromatic carbocycles. The van der Waals surface area contributed by atoms with E-state index in [1.165, 1.54) is 11.8 Å². The summed E-state index contributed by atoms with van der Waals surface area (Å²) in [7, 11) is 0. The Kier molecular flexibility index (Phi) is 5.97. The smallest absolute Gasteiger partial charge is 0.337 e. The first kappa shape index (κ1) is 19.6. The summed E-state index contributed by atoms with van der Waals surface area (Å²) < 4.78 is 5.58. The van der Waals surface area contributed by atoms with Crippen LogP contribution in [0.15, 0.2) is 40.5 Å². The van der Waals surface area contributed by atoms with Gasteiger partial charge in [0.15, 0.2) is 0 Å². The van der Waals surface area contributed by atoms with Crippen molar-refractivity contribution in [1.29, 1.82) is 5.26 Å². The fourth-order valence-electron chi connectivity index (χ4n) is 2.77. The van der Waals surface area contributed by atoms with Crippen LogP contribution in [0.25, 0.3) is 0 Å². The van der Waals surface area contributed by atoms with Crippen LogP contribution in [-0.2, 0) is 9.53 Å². The maximum Gasteiger partial charge on any atom is 0.337 e. The van der Waals surface area contributed by atoms with Crippen molar-refractivity contribution in [2.24, 2.45) is 10.9 Å². The van der Waals surface area contributed by atoms with Gasteiger partial charge in [-0.05, 0) is 51.6 Å². The fraction of sp³-hybridized carbons (Fsp3) is 0.421. The highest BCUT2D eigenvalue weighted by molar-refractivity contribution is 8.13. The van der Waals surface area contributed by atoms with Crippen molar-refractivity contribution in [3.05, 3.63) is 46.1 Å². The number of benzene rings is 1. The molecule has 132 valence electrons. The van der Waals surface area contributed by atoms with E-state index in [4.69, 9.17) is 16.3 Å². The number of allylic oxidation sites excluding steroid dienone is 1. The van der Waals surface area contributed by atoms with E-state index in [1.807, 2.05) is 39.2 Å².